The van der Waals surface area contributed by atoms with Gasteiger partial charge in [0.25, 0.3) is 6.43 Å². The Morgan fingerprint density at radius 2 is 2.00 bits per heavy atom. The zero-order valence-corrected chi connectivity index (χ0v) is 8.97. The van der Waals surface area contributed by atoms with E-state index in [1.54, 1.807) is 11.9 Å². The van der Waals surface area contributed by atoms with Gasteiger partial charge in [0.2, 0.25) is 0 Å². The molecule has 1 fully saturated rings. The molecule has 0 amide bonds. The lowest BCUT2D eigenvalue weighted by atomic mass is 9.89. The number of alkyl halides is 2. The van der Waals surface area contributed by atoms with Crippen LogP contribution in [0.15, 0.2) is 0 Å². The molecule has 0 saturated heterocycles. The van der Waals surface area contributed by atoms with Crippen LogP contribution in [0.1, 0.15) is 25.7 Å². The van der Waals surface area contributed by atoms with E-state index in [2.05, 4.69) is 5.32 Å². The lowest BCUT2D eigenvalue weighted by Crippen LogP contribution is -2.50. The lowest BCUT2D eigenvalue weighted by Gasteiger charge is -2.37. The van der Waals surface area contributed by atoms with Gasteiger partial charge in [0, 0.05) is 12.1 Å². The fraction of sp³-hybridized carbons (Fsp3) is 1.00. The van der Waals surface area contributed by atoms with Gasteiger partial charge >= 0.3 is 0 Å². The zero-order valence-electron chi connectivity index (χ0n) is 8.97. The minimum atomic E-state index is -2.22. The average molecular weight is 206 g/mol. The fourth-order valence-corrected chi connectivity index (χ4v) is 2.33. The van der Waals surface area contributed by atoms with Crippen LogP contribution in [0, 0.1) is 0 Å². The molecule has 84 valence electrons. The molecule has 0 radical (unpaired) electrons. The molecule has 1 N–H and O–H groups in total. The van der Waals surface area contributed by atoms with Gasteiger partial charge in [-0.25, -0.2) is 8.78 Å². The summed E-state index contributed by atoms with van der Waals surface area (Å²) in [5.74, 6) is 0. The third-order valence-electron chi connectivity index (χ3n) is 3.09. The van der Waals surface area contributed by atoms with Gasteiger partial charge in [0.15, 0.2) is 0 Å². The first-order valence-electron chi connectivity index (χ1n) is 5.30. The SMILES string of the molecule is CNC1CCCCC1N(C)CC(F)F. The Labute approximate surface area is 84.7 Å². The molecule has 1 aliphatic rings. The summed E-state index contributed by atoms with van der Waals surface area (Å²) in [6, 6.07) is 0.662. The maximum Gasteiger partial charge on any atom is 0.251 e. The van der Waals surface area contributed by atoms with Crippen LogP contribution in [0.5, 0.6) is 0 Å². The number of rotatable bonds is 4. The van der Waals surface area contributed by atoms with E-state index < -0.39 is 6.43 Å². The van der Waals surface area contributed by atoms with Crippen molar-refractivity contribution in [1.82, 2.24) is 10.2 Å². The fourth-order valence-electron chi connectivity index (χ4n) is 2.33. The molecule has 14 heavy (non-hydrogen) atoms. The Balaban J connectivity index is 2.45. The van der Waals surface area contributed by atoms with E-state index in [0.717, 1.165) is 19.3 Å². The van der Waals surface area contributed by atoms with Crippen LogP contribution in [0.25, 0.3) is 0 Å². The van der Waals surface area contributed by atoms with E-state index in [4.69, 9.17) is 0 Å². The summed E-state index contributed by atoms with van der Waals surface area (Å²) < 4.78 is 24.4. The molecule has 0 aromatic heterocycles. The van der Waals surface area contributed by atoms with Gasteiger partial charge in [-0.3, -0.25) is 4.90 Å². The van der Waals surface area contributed by atoms with Crippen LogP contribution in [-0.4, -0.2) is 44.0 Å². The standard InChI is InChI=1S/C10H20F2N2/c1-13-8-5-3-4-6-9(8)14(2)7-10(11)12/h8-10,13H,3-7H2,1-2H3. The van der Waals surface area contributed by atoms with Gasteiger partial charge in [0.05, 0.1) is 6.54 Å². The molecule has 2 unspecified atom stereocenters. The lowest BCUT2D eigenvalue weighted by molar-refractivity contribution is 0.0602. The Bertz CT molecular complexity index is 164. The van der Waals surface area contributed by atoms with Crippen LogP contribution in [0.3, 0.4) is 0 Å². The van der Waals surface area contributed by atoms with Crippen molar-refractivity contribution in [3.63, 3.8) is 0 Å². The first-order chi connectivity index (χ1) is 6.65. The second-order valence-electron chi connectivity index (χ2n) is 4.08. The third kappa shape index (κ3) is 3.17. The summed E-state index contributed by atoms with van der Waals surface area (Å²) in [6.45, 7) is -0.108. The van der Waals surface area contributed by atoms with Crippen LogP contribution in [0.4, 0.5) is 8.78 Å². The number of halogens is 2. The second kappa shape index (κ2) is 5.61. The van der Waals surface area contributed by atoms with Crippen molar-refractivity contribution in [3.05, 3.63) is 0 Å². The zero-order chi connectivity index (χ0) is 10.6. The van der Waals surface area contributed by atoms with Crippen molar-refractivity contribution in [2.24, 2.45) is 0 Å². The molecule has 1 rings (SSSR count). The number of likely N-dealkylation sites (N-methyl/N-ethyl adjacent to an activating group) is 2. The Morgan fingerprint density at radius 1 is 1.36 bits per heavy atom. The number of hydrogen-bond donors (Lipinski definition) is 1. The average Bonchev–Trinajstić information content (AvgIpc) is 2.16. The highest BCUT2D eigenvalue weighted by Crippen LogP contribution is 2.22. The number of hydrogen-bond acceptors (Lipinski definition) is 2. The van der Waals surface area contributed by atoms with Gasteiger partial charge in [-0.1, -0.05) is 12.8 Å². The largest absolute Gasteiger partial charge is 0.315 e. The quantitative estimate of drug-likeness (QED) is 0.753. The topological polar surface area (TPSA) is 15.3 Å². The molecule has 0 bridgehead atoms. The normalized spacial score (nSPS) is 28.7. The van der Waals surface area contributed by atoms with E-state index in [9.17, 15) is 8.78 Å². The van der Waals surface area contributed by atoms with Crippen molar-refractivity contribution >= 4 is 0 Å². The van der Waals surface area contributed by atoms with Crippen molar-refractivity contribution in [3.8, 4) is 0 Å². The predicted molar refractivity (Wildman–Crippen MR) is 53.7 cm³/mol. The first-order valence-corrected chi connectivity index (χ1v) is 5.30. The Morgan fingerprint density at radius 3 is 2.57 bits per heavy atom. The van der Waals surface area contributed by atoms with Crippen LogP contribution < -0.4 is 5.32 Å². The molecule has 0 aliphatic heterocycles. The second-order valence-corrected chi connectivity index (χ2v) is 4.08. The molecule has 0 heterocycles. The maximum atomic E-state index is 12.2. The monoisotopic (exact) mass is 206 g/mol. The first kappa shape index (κ1) is 11.9. The van der Waals surface area contributed by atoms with Gasteiger partial charge in [-0.15, -0.1) is 0 Å². The Hall–Kier alpha value is -0.220. The molecule has 0 spiro atoms. The Kier molecular flexibility index (Phi) is 4.75. The number of nitrogens with one attached hydrogen (secondary N) is 1. The van der Waals surface area contributed by atoms with Crippen LogP contribution in [-0.2, 0) is 0 Å². The summed E-state index contributed by atoms with van der Waals surface area (Å²) >= 11 is 0. The maximum absolute atomic E-state index is 12.2. The number of nitrogens with zero attached hydrogens (tertiary/aromatic N) is 1. The van der Waals surface area contributed by atoms with E-state index in [-0.39, 0.29) is 12.6 Å². The smallest absolute Gasteiger partial charge is 0.251 e. The molecule has 4 heteroatoms. The summed E-state index contributed by atoms with van der Waals surface area (Å²) in [5, 5.41) is 3.22. The summed E-state index contributed by atoms with van der Waals surface area (Å²) in [6.07, 6.45) is 2.30. The summed E-state index contributed by atoms with van der Waals surface area (Å²) in [7, 11) is 3.71. The summed E-state index contributed by atoms with van der Waals surface area (Å²) in [5.41, 5.74) is 0. The molecular formula is C10H20F2N2. The van der Waals surface area contributed by atoms with Crippen molar-refractivity contribution in [2.45, 2.75) is 44.2 Å². The molecule has 1 aliphatic carbocycles. The van der Waals surface area contributed by atoms with E-state index in [1.165, 1.54) is 6.42 Å². The summed E-state index contributed by atoms with van der Waals surface area (Å²) in [4.78, 5) is 1.80. The van der Waals surface area contributed by atoms with E-state index >= 15 is 0 Å². The van der Waals surface area contributed by atoms with Crippen molar-refractivity contribution in [2.75, 3.05) is 20.6 Å². The van der Waals surface area contributed by atoms with Crippen molar-refractivity contribution in [1.29, 1.82) is 0 Å². The van der Waals surface area contributed by atoms with Gasteiger partial charge in [-0.05, 0) is 26.9 Å². The highest BCUT2D eigenvalue weighted by Gasteiger charge is 2.28. The molecule has 2 atom stereocenters. The van der Waals surface area contributed by atoms with Gasteiger partial charge in [0.1, 0.15) is 0 Å². The van der Waals surface area contributed by atoms with Gasteiger partial charge in [-0.2, -0.15) is 0 Å². The minimum absolute atomic E-state index is 0.108. The van der Waals surface area contributed by atoms with E-state index in [1.807, 2.05) is 7.05 Å². The molecule has 2 nitrogen and oxygen atoms in total. The van der Waals surface area contributed by atoms with Crippen LogP contribution >= 0.6 is 0 Å². The third-order valence-corrected chi connectivity index (χ3v) is 3.09. The molecular weight excluding hydrogens is 186 g/mol. The molecule has 0 aromatic carbocycles. The molecule has 0 aromatic rings. The predicted octanol–water partition coefficient (Wildman–Crippen LogP) is 1.71. The minimum Gasteiger partial charge on any atom is -0.315 e. The molecule has 1 saturated carbocycles. The highest BCUT2D eigenvalue weighted by atomic mass is 19.3. The van der Waals surface area contributed by atoms with E-state index in [0.29, 0.717) is 6.04 Å². The highest BCUT2D eigenvalue weighted by molar-refractivity contribution is 4.86. The van der Waals surface area contributed by atoms with Crippen molar-refractivity contribution < 1.29 is 8.78 Å². The van der Waals surface area contributed by atoms with Gasteiger partial charge < -0.3 is 5.32 Å². The van der Waals surface area contributed by atoms with Crippen LogP contribution in [0.2, 0.25) is 0 Å².